The van der Waals surface area contributed by atoms with Gasteiger partial charge in [-0.15, -0.1) is 0 Å². The summed E-state index contributed by atoms with van der Waals surface area (Å²) in [5, 5.41) is 7.23. The molecule has 7 heteroatoms. The van der Waals surface area contributed by atoms with Gasteiger partial charge in [-0.1, -0.05) is 36.4 Å². The van der Waals surface area contributed by atoms with Gasteiger partial charge in [0.05, 0.1) is 18.4 Å². The number of ether oxygens (including phenoxy) is 1. The van der Waals surface area contributed by atoms with Gasteiger partial charge >= 0.3 is 0 Å². The van der Waals surface area contributed by atoms with Crippen LogP contribution in [0.25, 0.3) is 16.8 Å². The van der Waals surface area contributed by atoms with Gasteiger partial charge in [0.15, 0.2) is 0 Å². The smallest absolute Gasteiger partial charge is 0.256 e. The number of rotatable bonds is 5. The van der Waals surface area contributed by atoms with Gasteiger partial charge in [0, 0.05) is 11.1 Å². The number of hydrogen-bond acceptors (Lipinski definition) is 4. The summed E-state index contributed by atoms with van der Waals surface area (Å²) in [5.74, 6) is -0.198. The molecule has 1 heterocycles. The molecule has 32 heavy (non-hydrogen) atoms. The first-order chi connectivity index (χ1) is 15.5. The molecule has 0 saturated heterocycles. The standard InChI is InChI=1S/C25H20FN3O3/c1-16-23(30)22(20-10-6-7-11-21(20)32-2)24(27-25(31)17-8-4-3-5-9-17)29(28-16)19-14-12-18(26)13-15-19/h3-15H,1-2H3,(H,27,31). The van der Waals surface area contributed by atoms with Gasteiger partial charge in [-0.2, -0.15) is 5.10 Å². The molecular weight excluding hydrogens is 409 g/mol. The van der Waals surface area contributed by atoms with Crippen LogP contribution in [0.4, 0.5) is 10.2 Å². The van der Waals surface area contributed by atoms with Crippen LogP contribution in [0.3, 0.4) is 0 Å². The molecule has 1 aromatic heterocycles. The first-order valence-electron chi connectivity index (χ1n) is 9.89. The summed E-state index contributed by atoms with van der Waals surface area (Å²) >= 11 is 0. The largest absolute Gasteiger partial charge is 0.496 e. The minimum absolute atomic E-state index is 0.158. The van der Waals surface area contributed by atoms with Crippen molar-refractivity contribution in [3.8, 4) is 22.6 Å². The number of nitrogens with zero attached hydrogens (tertiary/aromatic N) is 2. The van der Waals surface area contributed by atoms with Crippen molar-refractivity contribution in [2.75, 3.05) is 12.4 Å². The lowest BCUT2D eigenvalue weighted by Gasteiger charge is -2.19. The highest BCUT2D eigenvalue weighted by Gasteiger charge is 2.23. The van der Waals surface area contributed by atoms with E-state index in [4.69, 9.17) is 4.74 Å². The Labute approximate surface area is 183 Å². The number of amides is 1. The van der Waals surface area contributed by atoms with Gasteiger partial charge in [-0.3, -0.25) is 9.59 Å². The molecule has 0 aliphatic carbocycles. The minimum Gasteiger partial charge on any atom is -0.496 e. The molecule has 0 atom stereocenters. The third-order valence-corrected chi connectivity index (χ3v) is 4.97. The fourth-order valence-corrected chi connectivity index (χ4v) is 3.39. The zero-order valence-corrected chi connectivity index (χ0v) is 17.5. The molecular formula is C25H20FN3O3. The van der Waals surface area contributed by atoms with E-state index in [1.807, 2.05) is 0 Å². The van der Waals surface area contributed by atoms with Crippen molar-refractivity contribution in [2.45, 2.75) is 6.92 Å². The number of aryl methyl sites for hydroxylation is 1. The average Bonchev–Trinajstić information content (AvgIpc) is 2.82. The predicted molar refractivity (Wildman–Crippen MR) is 121 cm³/mol. The molecule has 1 N–H and O–H groups in total. The summed E-state index contributed by atoms with van der Waals surface area (Å²) in [4.78, 5) is 26.3. The molecule has 0 aliphatic rings. The zero-order chi connectivity index (χ0) is 22.7. The maximum absolute atomic E-state index is 13.6. The highest BCUT2D eigenvalue weighted by molar-refractivity contribution is 6.06. The van der Waals surface area contributed by atoms with E-state index in [1.165, 1.54) is 36.1 Å². The van der Waals surface area contributed by atoms with Gasteiger partial charge in [0.25, 0.3) is 5.91 Å². The van der Waals surface area contributed by atoms with Crippen molar-refractivity contribution in [2.24, 2.45) is 0 Å². The lowest BCUT2D eigenvalue weighted by molar-refractivity contribution is 0.102. The number of hydrogen-bond donors (Lipinski definition) is 1. The summed E-state index contributed by atoms with van der Waals surface area (Å²) < 4.78 is 20.5. The van der Waals surface area contributed by atoms with Crippen LogP contribution in [0.15, 0.2) is 83.7 Å². The van der Waals surface area contributed by atoms with Crippen LogP contribution in [0.1, 0.15) is 16.1 Å². The van der Waals surface area contributed by atoms with Crippen LogP contribution in [0, 0.1) is 12.7 Å². The van der Waals surface area contributed by atoms with Crippen LogP contribution >= 0.6 is 0 Å². The number of carbonyl (C=O) groups is 1. The number of anilines is 1. The van der Waals surface area contributed by atoms with E-state index >= 15 is 0 Å². The molecule has 4 rings (SSSR count). The van der Waals surface area contributed by atoms with E-state index in [2.05, 4.69) is 10.4 Å². The average molecular weight is 429 g/mol. The first kappa shape index (κ1) is 21.0. The molecule has 0 saturated carbocycles. The van der Waals surface area contributed by atoms with E-state index in [9.17, 15) is 14.0 Å². The Morgan fingerprint density at radius 1 is 0.969 bits per heavy atom. The maximum atomic E-state index is 13.6. The van der Waals surface area contributed by atoms with Crippen LogP contribution in [0.5, 0.6) is 5.75 Å². The highest BCUT2D eigenvalue weighted by Crippen LogP contribution is 2.33. The minimum atomic E-state index is -0.414. The Kier molecular flexibility index (Phi) is 5.81. The molecule has 0 radical (unpaired) electrons. The molecule has 6 nitrogen and oxygen atoms in total. The number of carbonyl (C=O) groups excluding carboxylic acids is 1. The van der Waals surface area contributed by atoms with E-state index in [-0.39, 0.29) is 22.5 Å². The number of halogens is 1. The van der Waals surface area contributed by atoms with E-state index in [0.29, 0.717) is 22.6 Å². The second-order valence-electron chi connectivity index (χ2n) is 7.05. The fourth-order valence-electron chi connectivity index (χ4n) is 3.39. The summed E-state index contributed by atoms with van der Waals surface area (Å²) in [6, 6.07) is 21.3. The number of methoxy groups -OCH3 is 1. The summed E-state index contributed by atoms with van der Waals surface area (Å²) in [7, 11) is 1.51. The molecule has 4 aromatic rings. The quantitative estimate of drug-likeness (QED) is 0.503. The molecule has 0 fully saturated rings. The van der Waals surface area contributed by atoms with Crippen molar-refractivity contribution in [1.82, 2.24) is 9.78 Å². The Hall–Kier alpha value is -4.26. The molecule has 0 unspecified atom stereocenters. The van der Waals surface area contributed by atoms with E-state index in [0.717, 1.165) is 0 Å². The van der Waals surface area contributed by atoms with Crippen molar-refractivity contribution in [1.29, 1.82) is 0 Å². The molecule has 0 spiro atoms. The maximum Gasteiger partial charge on any atom is 0.256 e. The normalized spacial score (nSPS) is 10.6. The number of para-hydroxylation sites is 1. The van der Waals surface area contributed by atoms with E-state index in [1.54, 1.807) is 61.5 Å². The topological polar surface area (TPSA) is 73.2 Å². The third kappa shape index (κ3) is 4.00. The van der Waals surface area contributed by atoms with Crippen molar-refractivity contribution >= 4 is 11.7 Å². The SMILES string of the molecule is COc1ccccc1-c1c(NC(=O)c2ccccc2)n(-c2ccc(F)cc2)nc(C)c1=O. The molecule has 1 amide bonds. The van der Waals surface area contributed by atoms with Gasteiger partial charge in [-0.05, 0) is 49.4 Å². The summed E-state index contributed by atoms with van der Waals surface area (Å²) in [5.41, 5.74) is 1.49. The monoisotopic (exact) mass is 429 g/mol. The number of nitrogens with one attached hydrogen (secondary N) is 1. The van der Waals surface area contributed by atoms with Crippen molar-refractivity contribution < 1.29 is 13.9 Å². The first-order valence-corrected chi connectivity index (χ1v) is 9.89. The second-order valence-corrected chi connectivity index (χ2v) is 7.05. The summed E-state index contributed by atoms with van der Waals surface area (Å²) in [6.45, 7) is 1.59. The second kappa shape index (κ2) is 8.85. The van der Waals surface area contributed by atoms with Crippen molar-refractivity contribution in [3.63, 3.8) is 0 Å². The van der Waals surface area contributed by atoms with Gasteiger partial charge in [0.1, 0.15) is 23.1 Å². The van der Waals surface area contributed by atoms with Crippen LogP contribution in [-0.2, 0) is 0 Å². The summed E-state index contributed by atoms with van der Waals surface area (Å²) in [6.07, 6.45) is 0. The highest BCUT2D eigenvalue weighted by atomic mass is 19.1. The van der Waals surface area contributed by atoms with Gasteiger partial charge in [-0.25, -0.2) is 9.07 Å². The molecule has 0 bridgehead atoms. The molecule has 3 aromatic carbocycles. The van der Waals surface area contributed by atoms with Crippen LogP contribution < -0.4 is 15.5 Å². The Bertz CT molecular complexity index is 1330. The van der Waals surface area contributed by atoms with Crippen molar-refractivity contribution in [3.05, 3.63) is 106 Å². The predicted octanol–water partition coefficient (Wildman–Crippen LogP) is 4.61. The third-order valence-electron chi connectivity index (χ3n) is 4.97. The number of aromatic nitrogens is 2. The van der Waals surface area contributed by atoms with E-state index < -0.39 is 11.7 Å². The Morgan fingerprint density at radius 2 is 1.62 bits per heavy atom. The lowest BCUT2D eigenvalue weighted by atomic mass is 10.0. The Morgan fingerprint density at radius 3 is 2.31 bits per heavy atom. The molecule has 0 aliphatic heterocycles. The van der Waals surface area contributed by atoms with Gasteiger partial charge < -0.3 is 10.1 Å². The molecule has 160 valence electrons. The zero-order valence-electron chi connectivity index (χ0n) is 17.5. The number of benzene rings is 3. The van der Waals surface area contributed by atoms with Gasteiger partial charge in [0.2, 0.25) is 5.43 Å². The van der Waals surface area contributed by atoms with Crippen LogP contribution in [0.2, 0.25) is 0 Å². The lowest BCUT2D eigenvalue weighted by Crippen LogP contribution is -2.25. The van der Waals surface area contributed by atoms with Crippen LogP contribution in [-0.4, -0.2) is 22.8 Å². The fraction of sp³-hybridized carbons (Fsp3) is 0.0800. The Balaban J connectivity index is 2.00.